The molecule has 1 aliphatic rings. The second-order valence-electron chi connectivity index (χ2n) is 7.48. The molecule has 0 radical (unpaired) electrons. The molecule has 2 aromatic carbocycles. The fraction of sp³-hybridized carbons (Fsp3) is 0.409. The van der Waals surface area contributed by atoms with Crippen molar-refractivity contribution in [1.82, 2.24) is 10.2 Å². The van der Waals surface area contributed by atoms with E-state index < -0.39 is 0 Å². The van der Waals surface area contributed by atoms with Gasteiger partial charge in [-0.15, -0.1) is 0 Å². The van der Waals surface area contributed by atoms with Gasteiger partial charge in [0.1, 0.15) is 5.82 Å². The summed E-state index contributed by atoms with van der Waals surface area (Å²) >= 11 is 0. The van der Waals surface area contributed by atoms with E-state index in [9.17, 15) is 14.3 Å². The van der Waals surface area contributed by atoms with Gasteiger partial charge in [-0.05, 0) is 42.7 Å². The maximum absolute atomic E-state index is 13.1. The summed E-state index contributed by atoms with van der Waals surface area (Å²) < 4.78 is 13.1. The second-order valence-corrected chi connectivity index (χ2v) is 7.48. The number of halogens is 1. The fourth-order valence-corrected chi connectivity index (χ4v) is 3.90. The van der Waals surface area contributed by atoms with Gasteiger partial charge >= 0.3 is 0 Å². The number of hydrogen-bond donors (Lipinski definition) is 2. The van der Waals surface area contributed by atoms with Crippen LogP contribution in [-0.2, 0) is 4.79 Å². The van der Waals surface area contributed by atoms with Crippen molar-refractivity contribution in [2.24, 2.45) is 0 Å². The highest BCUT2D eigenvalue weighted by Gasteiger charge is 2.42. The minimum atomic E-state index is -0.246. The third kappa shape index (κ3) is 4.20. The number of nitrogens with zero attached hydrogens (tertiary/aromatic N) is 1. The molecule has 27 heavy (non-hydrogen) atoms. The van der Waals surface area contributed by atoms with Gasteiger partial charge in [0.25, 0.3) is 0 Å². The van der Waals surface area contributed by atoms with Gasteiger partial charge in [0.05, 0.1) is 6.61 Å². The molecule has 0 unspecified atom stereocenters. The largest absolute Gasteiger partial charge is 0.395 e. The summed E-state index contributed by atoms with van der Waals surface area (Å²) in [6.45, 7) is 6.29. The third-order valence-corrected chi connectivity index (χ3v) is 5.39. The number of nitrogens with one attached hydrogen (secondary N) is 1. The summed E-state index contributed by atoms with van der Waals surface area (Å²) in [5.74, 6) is -0.0350. The van der Waals surface area contributed by atoms with Gasteiger partial charge in [0, 0.05) is 37.5 Å². The molecule has 4 nitrogen and oxygen atoms in total. The summed E-state index contributed by atoms with van der Waals surface area (Å²) in [7, 11) is 0. The Morgan fingerprint density at radius 1 is 1.07 bits per heavy atom. The standard InChI is InChI=1S/C22H27FN2O2/c1-14(2)25(15(3)27)12-20-22(21(13-26)24-20)18-6-4-16(5-7-18)17-8-10-19(23)11-9-17/h4-11,14,20-22,24,26H,12-13H2,1-3H3/t20-,21-,22-/m1/s1. The van der Waals surface area contributed by atoms with E-state index in [4.69, 9.17) is 0 Å². The molecule has 3 rings (SSSR count). The molecule has 1 amide bonds. The smallest absolute Gasteiger partial charge is 0.219 e. The molecule has 1 saturated heterocycles. The van der Waals surface area contributed by atoms with Crippen LogP contribution in [0.1, 0.15) is 32.3 Å². The van der Waals surface area contributed by atoms with E-state index in [1.54, 1.807) is 19.1 Å². The Morgan fingerprint density at radius 2 is 1.63 bits per heavy atom. The summed E-state index contributed by atoms with van der Waals surface area (Å²) in [6, 6.07) is 14.9. The van der Waals surface area contributed by atoms with Crippen molar-refractivity contribution < 1.29 is 14.3 Å². The molecule has 0 aromatic heterocycles. The highest BCUT2D eigenvalue weighted by molar-refractivity contribution is 5.73. The van der Waals surface area contributed by atoms with Crippen LogP contribution in [0.15, 0.2) is 48.5 Å². The molecule has 144 valence electrons. The minimum absolute atomic E-state index is 0.00681. The lowest BCUT2D eigenvalue weighted by molar-refractivity contribution is -0.131. The molecular formula is C22H27FN2O2. The molecule has 1 heterocycles. The van der Waals surface area contributed by atoms with Crippen molar-refractivity contribution in [3.63, 3.8) is 0 Å². The van der Waals surface area contributed by atoms with Crippen LogP contribution in [0.4, 0.5) is 4.39 Å². The lowest BCUT2D eigenvalue weighted by Crippen LogP contribution is -2.65. The lowest BCUT2D eigenvalue weighted by atomic mass is 9.77. The Kier molecular flexibility index (Phi) is 5.92. The molecule has 5 heteroatoms. The van der Waals surface area contributed by atoms with E-state index in [-0.39, 0.29) is 42.4 Å². The van der Waals surface area contributed by atoms with E-state index in [0.29, 0.717) is 6.54 Å². The van der Waals surface area contributed by atoms with Gasteiger partial charge in [0.2, 0.25) is 5.91 Å². The summed E-state index contributed by atoms with van der Waals surface area (Å²) in [4.78, 5) is 13.8. The number of carbonyl (C=O) groups excluding carboxylic acids is 1. The van der Waals surface area contributed by atoms with Crippen LogP contribution in [0.2, 0.25) is 0 Å². The van der Waals surface area contributed by atoms with Crippen LogP contribution >= 0.6 is 0 Å². The molecule has 0 aliphatic carbocycles. The average Bonchev–Trinajstić information content (AvgIpc) is 2.62. The first-order chi connectivity index (χ1) is 12.9. The number of aliphatic hydroxyl groups is 1. The van der Waals surface area contributed by atoms with Crippen molar-refractivity contribution in [3.8, 4) is 11.1 Å². The highest BCUT2D eigenvalue weighted by Crippen LogP contribution is 2.34. The zero-order valence-corrected chi connectivity index (χ0v) is 16.0. The third-order valence-electron chi connectivity index (χ3n) is 5.39. The summed E-state index contributed by atoms with van der Waals surface area (Å²) in [6.07, 6.45) is 0. The zero-order chi connectivity index (χ0) is 19.6. The predicted octanol–water partition coefficient (Wildman–Crippen LogP) is 3.17. The van der Waals surface area contributed by atoms with E-state index >= 15 is 0 Å². The number of aliphatic hydroxyl groups excluding tert-OH is 1. The monoisotopic (exact) mass is 370 g/mol. The van der Waals surface area contributed by atoms with Crippen LogP contribution in [0.3, 0.4) is 0 Å². The molecule has 1 fully saturated rings. The maximum atomic E-state index is 13.1. The van der Waals surface area contributed by atoms with Crippen LogP contribution in [0.25, 0.3) is 11.1 Å². The van der Waals surface area contributed by atoms with Crippen molar-refractivity contribution in [1.29, 1.82) is 0 Å². The van der Waals surface area contributed by atoms with Gasteiger partial charge in [0.15, 0.2) is 0 Å². The van der Waals surface area contributed by atoms with Crippen LogP contribution < -0.4 is 5.32 Å². The molecule has 3 atom stereocenters. The Labute approximate surface area is 160 Å². The van der Waals surface area contributed by atoms with Crippen molar-refractivity contribution in [2.75, 3.05) is 13.2 Å². The van der Waals surface area contributed by atoms with E-state index in [1.807, 2.05) is 30.9 Å². The Hall–Kier alpha value is -2.24. The number of amides is 1. The number of hydrogen-bond acceptors (Lipinski definition) is 3. The first kappa shape index (κ1) is 19.5. The van der Waals surface area contributed by atoms with Gasteiger partial charge in [-0.25, -0.2) is 4.39 Å². The lowest BCUT2D eigenvalue weighted by Gasteiger charge is -2.48. The second kappa shape index (κ2) is 8.19. The first-order valence-corrected chi connectivity index (χ1v) is 9.40. The highest BCUT2D eigenvalue weighted by atomic mass is 19.1. The molecule has 0 saturated carbocycles. The van der Waals surface area contributed by atoms with Gasteiger partial charge in [-0.1, -0.05) is 36.4 Å². The number of rotatable bonds is 6. The molecular weight excluding hydrogens is 343 g/mol. The van der Waals surface area contributed by atoms with Crippen LogP contribution in [-0.4, -0.2) is 47.2 Å². The van der Waals surface area contributed by atoms with Gasteiger partial charge < -0.3 is 15.3 Å². The molecule has 2 aromatic rings. The Balaban J connectivity index is 1.77. The molecule has 2 N–H and O–H groups in total. The van der Waals surface area contributed by atoms with Crippen molar-refractivity contribution >= 4 is 5.91 Å². The van der Waals surface area contributed by atoms with Crippen molar-refractivity contribution in [3.05, 3.63) is 59.9 Å². The SMILES string of the molecule is CC(=O)N(C[C@H]1N[C@H](CO)[C@@H]1c1ccc(-c2ccc(F)cc2)cc1)C(C)C. The van der Waals surface area contributed by atoms with E-state index in [0.717, 1.165) is 16.7 Å². The minimum Gasteiger partial charge on any atom is -0.395 e. The molecule has 0 bridgehead atoms. The summed E-state index contributed by atoms with van der Waals surface area (Å²) in [5.41, 5.74) is 3.12. The van der Waals surface area contributed by atoms with Crippen LogP contribution in [0.5, 0.6) is 0 Å². The predicted molar refractivity (Wildman–Crippen MR) is 105 cm³/mol. The number of carbonyl (C=O) groups is 1. The van der Waals surface area contributed by atoms with Crippen molar-refractivity contribution in [2.45, 2.75) is 44.8 Å². The fourth-order valence-electron chi connectivity index (χ4n) is 3.90. The molecule has 1 aliphatic heterocycles. The van der Waals surface area contributed by atoms with Gasteiger partial charge in [-0.2, -0.15) is 0 Å². The first-order valence-electron chi connectivity index (χ1n) is 9.40. The zero-order valence-electron chi connectivity index (χ0n) is 16.0. The maximum Gasteiger partial charge on any atom is 0.219 e. The molecule has 0 spiro atoms. The summed E-state index contributed by atoms with van der Waals surface area (Å²) in [5, 5.41) is 13.1. The van der Waals surface area contributed by atoms with E-state index in [2.05, 4.69) is 17.4 Å². The van der Waals surface area contributed by atoms with E-state index in [1.165, 1.54) is 12.1 Å². The normalized spacial score (nSPS) is 21.8. The Bertz CT molecular complexity index is 774. The number of benzene rings is 2. The topological polar surface area (TPSA) is 52.6 Å². The van der Waals surface area contributed by atoms with Gasteiger partial charge in [-0.3, -0.25) is 4.79 Å². The Morgan fingerprint density at radius 3 is 2.11 bits per heavy atom. The van der Waals surface area contributed by atoms with Crippen LogP contribution in [0, 0.1) is 5.82 Å². The average molecular weight is 370 g/mol. The quantitative estimate of drug-likeness (QED) is 0.821.